The van der Waals surface area contributed by atoms with Gasteiger partial charge in [0.05, 0.1) is 26.2 Å². The molecule has 162 valence electrons. The van der Waals surface area contributed by atoms with Crippen molar-refractivity contribution in [3.05, 3.63) is 65.7 Å². The Hall–Kier alpha value is -3.19. The summed E-state index contributed by atoms with van der Waals surface area (Å²) in [6, 6.07) is 16.3. The molecule has 0 aromatic heterocycles. The molecule has 2 N–H and O–H groups in total. The molecule has 0 unspecified atom stereocenters. The Morgan fingerprint density at radius 1 is 0.935 bits per heavy atom. The first-order valence-electron chi connectivity index (χ1n) is 10.8. The number of nitrogens with one attached hydrogen (secondary N) is 2. The fraction of sp³-hybridized carbons (Fsp3) is 0.375. The van der Waals surface area contributed by atoms with Crippen molar-refractivity contribution < 1.29 is 24.0 Å². The first kappa shape index (κ1) is 21.1. The summed E-state index contributed by atoms with van der Waals surface area (Å²) in [5.74, 6) is 0.550. The zero-order valence-corrected chi connectivity index (χ0v) is 17.5. The molecule has 1 saturated carbocycles. The van der Waals surface area contributed by atoms with Gasteiger partial charge in [-0.1, -0.05) is 30.3 Å². The zero-order chi connectivity index (χ0) is 21.6. The predicted octanol–water partition coefficient (Wildman–Crippen LogP) is 0.302. The molecule has 31 heavy (non-hydrogen) atoms. The molecule has 0 bridgehead atoms. The molecule has 7 nitrogen and oxygen atoms in total. The van der Waals surface area contributed by atoms with Crippen LogP contribution < -0.4 is 15.0 Å². The molecule has 1 aliphatic heterocycles. The predicted molar refractivity (Wildman–Crippen MR) is 115 cm³/mol. The van der Waals surface area contributed by atoms with Crippen LogP contribution in [0.3, 0.4) is 0 Å². The molecule has 7 heteroatoms. The summed E-state index contributed by atoms with van der Waals surface area (Å²) in [5.41, 5.74) is 1.22. The van der Waals surface area contributed by atoms with E-state index in [1.54, 1.807) is 41.3 Å². The van der Waals surface area contributed by atoms with E-state index in [9.17, 15) is 14.4 Å². The Morgan fingerprint density at radius 2 is 1.58 bits per heavy atom. The number of ether oxygens (including phenoxy) is 1. The summed E-state index contributed by atoms with van der Waals surface area (Å²) in [6.07, 6.45) is 2.19. The van der Waals surface area contributed by atoms with E-state index in [-0.39, 0.29) is 24.2 Å². The van der Waals surface area contributed by atoms with Gasteiger partial charge in [0.25, 0.3) is 11.8 Å². The van der Waals surface area contributed by atoms with Crippen LogP contribution in [0.2, 0.25) is 0 Å². The number of benzene rings is 2. The molecule has 2 amide bonds. The molecule has 1 saturated heterocycles. The van der Waals surface area contributed by atoms with Gasteiger partial charge in [0, 0.05) is 17.2 Å². The summed E-state index contributed by atoms with van der Waals surface area (Å²) in [4.78, 5) is 39.8. The van der Waals surface area contributed by atoms with Crippen molar-refractivity contribution in [1.82, 2.24) is 10.2 Å². The van der Waals surface area contributed by atoms with E-state index >= 15 is 0 Å². The van der Waals surface area contributed by atoms with Crippen molar-refractivity contribution in [3.63, 3.8) is 0 Å². The lowest BCUT2D eigenvalue weighted by Crippen LogP contribution is -3.15. The van der Waals surface area contributed by atoms with Crippen molar-refractivity contribution in [1.29, 1.82) is 0 Å². The highest BCUT2D eigenvalue weighted by molar-refractivity contribution is 6.08. The number of rotatable bonds is 8. The Labute approximate surface area is 182 Å². The minimum absolute atomic E-state index is 0.0382. The number of hydrogen-bond acceptors (Lipinski definition) is 4. The first-order valence-corrected chi connectivity index (χ1v) is 10.8. The van der Waals surface area contributed by atoms with Crippen LogP contribution in [0.15, 0.2) is 54.6 Å². The Balaban J connectivity index is 1.20. The quantitative estimate of drug-likeness (QED) is 0.600. The average molecular weight is 423 g/mol. The first-order chi connectivity index (χ1) is 15.1. The zero-order valence-electron chi connectivity index (χ0n) is 17.5. The third kappa shape index (κ3) is 5.92. The van der Waals surface area contributed by atoms with E-state index in [1.807, 2.05) is 18.2 Å². The highest BCUT2D eigenvalue weighted by atomic mass is 16.5. The number of nitrogens with zero attached hydrogens (tertiary/aromatic N) is 1. The molecule has 1 heterocycles. The highest BCUT2D eigenvalue weighted by Crippen LogP contribution is 2.18. The van der Waals surface area contributed by atoms with Crippen LogP contribution in [0.25, 0.3) is 0 Å². The van der Waals surface area contributed by atoms with Crippen LogP contribution in [0.4, 0.5) is 0 Å². The summed E-state index contributed by atoms with van der Waals surface area (Å²) < 4.78 is 5.63. The fourth-order valence-electron chi connectivity index (χ4n) is 3.68. The van der Waals surface area contributed by atoms with Gasteiger partial charge < -0.3 is 19.9 Å². The number of ketones is 1. The second-order valence-electron chi connectivity index (χ2n) is 8.16. The van der Waals surface area contributed by atoms with Gasteiger partial charge in [0.2, 0.25) is 0 Å². The van der Waals surface area contributed by atoms with Crippen molar-refractivity contribution in [2.45, 2.75) is 18.9 Å². The van der Waals surface area contributed by atoms with Gasteiger partial charge in [0.1, 0.15) is 5.75 Å². The average Bonchev–Trinajstić information content (AvgIpc) is 3.62. The molecule has 0 atom stereocenters. The van der Waals surface area contributed by atoms with Gasteiger partial charge >= 0.3 is 0 Å². The minimum Gasteiger partial charge on any atom is -0.484 e. The normalized spacial score (nSPS) is 16.6. The summed E-state index contributed by atoms with van der Waals surface area (Å²) in [5, 5.41) is 3.01. The van der Waals surface area contributed by atoms with Crippen molar-refractivity contribution >= 4 is 17.6 Å². The van der Waals surface area contributed by atoms with Gasteiger partial charge in [-0.25, -0.2) is 0 Å². The monoisotopic (exact) mass is 422 g/mol. The Kier molecular flexibility index (Phi) is 6.62. The van der Waals surface area contributed by atoms with Crippen LogP contribution in [-0.4, -0.2) is 67.9 Å². The van der Waals surface area contributed by atoms with E-state index in [2.05, 4.69) is 5.32 Å². The number of amides is 2. The van der Waals surface area contributed by atoms with Gasteiger partial charge in [-0.15, -0.1) is 0 Å². The van der Waals surface area contributed by atoms with Crippen molar-refractivity contribution in [2.24, 2.45) is 0 Å². The summed E-state index contributed by atoms with van der Waals surface area (Å²) in [7, 11) is 0. The summed E-state index contributed by atoms with van der Waals surface area (Å²) in [6.45, 7) is 3.21. The lowest BCUT2D eigenvalue weighted by atomic mass is 10.0. The van der Waals surface area contributed by atoms with E-state index in [0.717, 1.165) is 25.9 Å². The minimum atomic E-state index is -0.0640. The van der Waals surface area contributed by atoms with Crippen LogP contribution >= 0.6 is 0 Å². The van der Waals surface area contributed by atoms with Gasteiger partial charge in [0.15, 0.2) is 18.9 Å². The molecule has 2 aromatic rings. The van der Waals surface area contributed by atoms with Crippen molar-refractivity contribution in [3.8, 4) is 5.75 Å². The van der Waals surface area contributed by atoms with E-state index in [1.165, 1.54) is 4.90 Å². The molecular formula is C24H28N3O4+. The molecule has 2 fully saturated rings. The molecule has 0 radical (unpaired) electrons. The lowest BCUT2D eigenvalue weighted by molar-refractivity contribution is -0.896. The summed E-state index contributed by atoms with van der Waals surface area (Å²) >= 11 is 0. The van der Waals surface area contributed by atoms with E-state index < -0.39 is 0 Å². The second kappa shape index (κ2) is 9.75. The lowest BCUT2D eigenvalue weighted by Gasteiger charge is -2.31. The topological polar surface area (TPSA) is 80.2 Å². The molecule has 2 aromatic carbocycles. The Morgan fingerprint density at radius 3 is 2.23 bits per heavy atom. The Bertz CT molecular complexity index is 918. The van der Waals surface area contributed by atoms with Crippen molar-refractivity contribution in [2.75, 3.05) is 39.3 Å². The SMILES string of the molecule is O=C(C[NH+]1CCN(C(=O)COc2ccc(C(=O)c3ccccc3)cc2)CC1)NC1CC1. The van der Waals surface area contributed by atoms with Gasteiger partial charge in [-0.2, -0.15) is 0 Å². The third-order valence-corrected chi connectivity index (χ3v) is 5.69. The van der Waals surface area contributed by atoms with Crippen LogP contribution in [-0.2, 0) is 9.59 Å². The maximum atomic E-state index is 12.5. The standard InChI is InChI=1S/C24H27N3O4/c28-22(25-20-8-9-20)16-26-12-14-27(15-13-26)23(29)17-31-21-10-6-19(7-11-21)24(30)18-4-2-1-3-5-18/h1-7,10-11,20H,8-9,12-17H2,(H,25,28)/p+1. The third-order valence-electron chi connectivity index (χ3n) is 5.69. The molecule has 0 spiro atoms. The van der Waals surface area contributed by atoms with Gasteiger partial charge in [-0.3, -0.25) is 14.4 Å². The number of quaternary nitrogens is 1. The fourth-order valence-corrected chi connectivity index (χ4v) is 3.68. The molecule has 4 rings (SSSR count). The van der Waals surface area contributed by atoms with Gasteiger partial charge in [-0.05, 0) is 37.1 Å². The smallest absolute Gasteiger partial charge is 0.275 e. The number of carbonyl (C=O) groups excluding carboxylic acids is 3. The van der Waals surface area contributed by atoms with Crippen LogP contribution in [0, 0.1) is 0 Å². The molecule has 2 aliphatic rings. The van der Waals surface area contributed by atoms with Crippen LogP contribution in [0.5, 0.6) is 5.75 Å². The number of hydrogen-bond donors (Lipinski definition) is 2. The number of piperazine rings is 1. The van der Waals surface area contributed by atoms with Crippen LogP contribution in [0.1, 0.15) is 28.8 Å². The maximum absolute atomic E-state index is 12.5. The van der Waals surface area contributed by atoms with E-state index in [0.29, 0.717) is 42.6 Å². The molecule has 1 aliphatic carbocycles. The molecular weight excluding hydrogens is 394 g/mol. The maximum Gasteiger partial charge on any atom is 0.275 e. The highest BCUT2D eigenvalue weighted by Gasteiger charge is 2.28. The largest absolute Gasteiger partial charge is 0.484 e. The number of carbonyl (C=O) groups is 3. The van der Waals surface area contributed by atoms with E-state index in [4.69, 9.17) is 4.74 Å². The second-order valence-corrected chi connectivity index (χ2v) is 8.16.